The molecule has 1 rings (SSSR count). The van der Waals surface area contributed by atoms with Gasteiger partial charge in [0.2, 0.25) is 0 Å². The van der Waals surface area contributed by atoms with Crippen molar-refractivity contribution in [2.75, 3.05) is 13.4 Å². The molecule has 0 aliphatic carbocycles. The molecule has 0 saturated carbocycles. The molecule has 4 heteroatoms. The number of carbonyl (C=O) groups is 1. The highest BCUT2D eigenvalue weighted by atomic mass is 32.2. The third-order valence-electron chi connectivity index (χ3n) is 1.48. The third kappa shape index (κ3) is 2.75. The fraction of sp³-hybridized carbons (Fsp3) is 0.222. The quantitative estimate of drug-likeness (QED) is 0.423. The van der Waals surface area contributed by atoms with Crippen LogP contribution in [0.1, 0.15) is 10.4 Å². The number of benzene rings is 1. The first-order valence-corrected chi connectivity index (χ1v) is 4.89. The predicted octanol–water partition coefficient (Wildman–Crippen LogP) is 2.13. The fourth-order valence-corrected chi connectivity index (χ4v) is 1.26. The molecular weight excluding hydrogens is 188 g/mol. The van der Waals surface area contributed by atoms with Crippen LogP contribution < -0.4 is 0 Å². The molecule has 0 spiro atoms. The zero-order valence-electron chi connectivity index (χ0n) is 7.44. The highest BCUT2D eigenvalue weighted by molar-refractivity contribution is 7.98. The summed E-state index contributed by atoms with van der Waals surface area (Å²) in [6.45, 7) is 0. The first-order chi connectivity index (χ1) is 6.27. The Hall–Kier alpha value is -1.00. The van der Waals surface area contributed by atoms with Gasteiger partial charge in [0, 0.05) is 4.90 Å². The van der Waals surface area contributed by atoms with E-state index in [0.717, 1.165) is 4.90 Å². The Balaban J connectivity index is 2.74. The first kappa shape index (κ1) is 10.1. The van der Waals surface area contributed by atoms with E-state index in [2.05, 4.69) is 9.78 Å². The van der Waals surface area contributed by atoms with E-state index in [4.69, 9.17) is 0 Å². The SMILES string of the molecule is COOC(=O)c1ccc(SC)cc1. The number of rotatable bonds is 3. The van der Waals surface area contributed by atoms with Crippen LogP contribution in [0, 0.1) is 0 Å². The lowest BCUT2D eigenvalue weighted by Gasteiger charge is -2.00. The summed E-state index contributed by atoms with van der Waals surface area (Å²) in [5, 5.41) is 0. The number of hydrogen-bond donors (Lipinski definition) is 0. The average molecular weight is 198 g/mol. The summed E-state index contributed by atoms with van der Waals surface area (Å²) in [5.41, 5.74) is 0.486. The van der Waals surface area contributed by atoms with Gasteiger partial charge in [0.25, 0.3) is 0 Å². The van der Waals surface area contributed by atoms with Crippen molar-refractivity contribution in [2.24, 2.45) is 0 Å². The Morgan fingerprint density at radius 1 is 1.31 bits per heavy atom. The van der Waals surface area contributed by atoms with E-state index in [1.807, 2.05) is 18.4 Å². The van der Waals surface area contributed by atoms with Crippen molar-refractivity contribution < 1.29 is 14.6 Å². The molecule has 13 heavy (non-hydrogen) atoms. The van der Waals surface area contributed by atoms with Crippen LogP contribution in [0.3, 0.4) is 0 Å². The van der Waals surface area contributed by atoms with E-state index < -0.39 is 5.97 Å². The lowest BCUT2D eigenvalue weighted by atomic mass is 10.2. The predicted molar refractivity (Wildman–Crippen MR) is 50.6 cm³/mol. The lowest BCUT2D eigenvalue weighted by molar-refractivity contribution is -0.216. The van der Waals surface area contributed by atoms with Crippen molar-refractivity contribution in [3.05, 3.63) is 29.8 Å². The van der Waals surface area contributed by atoms with Crippen LogP contribution in [0.15, 0.2) is 29.2 Å². The van der Waals surface area contributed by atoms with Crippen LogP contribution >= 0.6 is 11.8 Å². The molecule has 3 nitrogen and oxygen atoms in total. The Kier molecular flexibility index (Phi) is 3.79. The Morgan fingerprint density at radius 2 is 1.92 bits per heavy atom. The molecule has 0 unspecified atom stereocenters. The molecule has 0 bridgehead atoms. The molecule has 0 aliphatic rings. The molecule has 0 amide bonds. The van der Waals surface area contributed by atoms with Gasteiger partial charge in [0.1, 0.15) is 0 Å². The first-order valence-electron chi connectivity index (χ1n) is 3.67. The summed E-state index contributed by atoms with van der Waals surface area (Å²) in [5.74, 6) is -0.477. The van der Waals surface area contributed by atoms with Crippen LogP contribution in [-0.4, -0.2) is 19.3 Å². The van der Waals surface area contributed by atoms with Crippen LogP contribution in [0.5, 0.6) is 0 Å². The molecule has 0 atom stereocenters. The van der Waals surface area contributed by atoms with Crippen LogP contribution in [-0.2, 0) is 9.78 Å². The molecule has 0 heterocycles. The summed E-state index contributed by atoms with van der Waals surface area (Å²) in [6, 6.07) is 7.12. The van der Waals surface area contributed by atoms with E-state index in [9.17, 15) is 4.79 Å². The summed E-state index contributed by atoms with van der Waals surface area (Å²) in [4.78, 5) is 20.8. The van der Waals surface area contributed by atoms with Crippen LogP contribution in [0.4, 0.5) is 0 Å². The largest absolute Gasteiger partial charge is 0.373 e. The normalized spacial score (nSPS) is 9.69. The number of hydrogen-bond acceptors (Lipinski definition) is 4. The number of carbonyl (C=O) groups excluding carboxylic acids is 1. The van der Waals surface area contributed by atoms with Gasteiger partial charge in [-0.1, -0.05) is 0 Å². The minimum absolute atomic E-state index is 0.477. The molecule has 70 valence electrons. The van der Waals surface area contributed by atoms with E-state index in [-0.39, 0.29) is 0 Å². The van der Waals surface area contributed by atoms with Gasteiger partial charge >= 0.3 is 5.97 Å². The summed E-state index contributed by atoms with van der Waals surface area (Å²) in [7, 11) is 1.30. The van der Waals surface area contributed by atoms with Crippen molar-refractivity contribution in [3.63, 3.8) is 0 Å². The molecule has 0 fully saturated rings. The second kappa shape index (κ2) is 4.89. The van der Waals surface area contributed by atoms with E-state index in [0.29, 0.717) is 5.56 Å². The molecule has 1 aromatic rings. The minimum Gasteiger partial charge on any atom is -0.293 e. The number of thioether (sulfide) groups is 1. The molecule has 0 radical (unpaired) electrons. The van der Waals surface area contributed by atoms with Gasteiger partial charge in [-0.25, -0.2) is 4.79 Å². The van der Waals surface area contributed by atoms with Gasteiger partial charge in [-0.15, -0.1) is 11.8 Å². The van der Waals surface area contributed by atoms with Gasteiger partial charge in [0.05, 0.1) is 12.7 Å². The van der Waals surface area contributed by atoms with Crippen molar-refractivity contribution in [1.29, 1.82) is 0 Å². The highest BCUT2D eigenvalue weighted by Gasteiger charge is 2.06. The highest BCUT2D eigenvalue weighted by Crippen LogP contribution is 2.15. The van der Waals surface area contributed by atoms with Crippen LogP contribution in [0.25, 0.3) is 0 Å². The summed E-state index contributed by atoms with van der Waals surface area (Å²) >= 11 is 1.62. The van der Waals surface area contributed by atoms with Crippen LogP contribution in [0.2, 0.25) is 0 Å². The molecule has 0 saturated heterocycles. The monoisotopic (exact) mass is 198 g/mol. The molecule has 0 N–H and O–H groups in total. The molecular formula is C9H10O3S. The lowest BCUT2D eigenvalue weighted by Crippen LogP contribution is -2.03. The Labute approximate surface area is 81.0 Å². The van der Waals surface area contributed by atoms with Crippen molar-refractivity contribution in [1.82, 2.24) is 0 Å². The van der Waals surface area contributed by atoms with Crippen molar-refractivity contribution >= 4 is 17.7 Å². The van der Waals surface area contributed by atoms with Gasteiger partial charge < -0.3 is 0 Å². The summed E-state index contributed by atoms with van der Waals surface area (Å²) in [6.07, 6.45) is 1.97. The Morgan fingerprint density at radius 3 is 2.38 bits per heavy atom. The topological polar surface area (TPSA) is 35.5 Å². The van der Waals surface area contributed by atoms with Crippen molar-refractivity contribution in [3.8, 4) is 0 Å². The zero-order chi connectivity index (χ0) is 9.68. The molecule has 1 aromatic carbocycles. The summed E-state index contributed by atoms with van der Waals surface area (Å²) < 4.78 is 0. The van der Waals surface area contributed by atoms with Gasteiger partial charge in [-0.3, -0.25) is 4.89 Å². The third-order valence-corrected chi connectivity index (χ3v) is 2.23. The second-order valence-corrected chi connectivity index (χ2v) is 3.15. The second-order valence-electron chi connectivity index (χ2n) is 2.27. The standard InChI is InChI=1S/C9H10O3S/c1-11-12-9(10)7-3-5-8(13-2)6-4-7/h3-6H,1-2H3. The van der Waals surface area contributed by atoms with E-state index >= 15 is 0 Å². The van der Waals surface area contributed by atoms with E-state index in [1.165, 1.54) is 7.11 Å². The van der Waals surface area contributed by atoms with Crippen molar-refractivity contribution in [2.45, 2.75) is 4.90 Å². The van der Waals surface area contributed by atoms with Gasteiger partial charge in [0.15, 0.2) is 0 Å². The fourth-order valence-electron chi connectivity index (χ4n) is 0.851. The average Bonchev–Trinajstić information content (AvgIpc) is 2.18. The minimum atomic E-state index is -0.477. The van der Waals surface area contributed by atoms with Gasteiger partial charge in [-0.2, -0.15) is 4.89 Å². The maximum Gasteiger partial charge on any atom is 0.373 e. The maximum atomic E-state index is 11.1. The molecule has 0 aliphatic heterocycles. The zero-order valence-corrected chi connectivity index (χ0v) is 8.26. The Bertz CT molecular complexity index is 281. The maximum absolute atomic E-state index is 11.1. The molecule has 0 aromatic heterocycles. The van der Waals surface area contributed by atoms with E-state index in [1.54, 1.807) is 23.9 Å². The smallest absolute Gasteiger partial charge is 0.293 e. The van der Waals surface area contributed by atoms with Gasteiger partial charge in [-0.05, 0) is 30.5 Å².